The Bertz CT molecular complexity index is 896. The van der Waals surface area contributed by atoms with Crippen LogP contribution in [0.1, 0.15) is 15.9 Å². The van der Waals surface area contributed by atoms with Gasteiger partial charge < -0.3 is 10.6 Å². The fourth-order valence-corrected chi connectivity index (χ4v) is 4.42. The lowest BCUT2D eigenvalue weighted by molar-refractivity contribution is 0.1000. The Balaban J connectivity index is 1.67. The van der Waals surface area contributed by atoms with Gasteiger partial charge in [0.05, 0.1) is 5.56 Å². The van der Waals surface area contributed by atoms with Crippen LogP contribution in [0, 0.1) is 0 Å². The molecule has 1 aliphatic heterocycles. The molecule has 2 heterocycles. The van der Waals surface area contributed by atoms with Crippen LogP contribution >= 0.6 is 0 Å². The minimum Gasteiger partial charge on any atom is -0.365 e. The van der Waals surface area contributed by atoms with Crippen molar-refractivity contribution in [2.45, 2.75) is 6.54 Å². The molecule has 2 N–H and O–H groups in total. The first-order chi connectivity index (χ1) is 12.9. The molecule has 0 radical (unpaired) electrons. The van der Waals surface area contributed by atoms with Crippen molar-refractivity contribution in [1.29, 1.82) is 0 Å². The standard InChI is InChI=1S/C18H23N5O3S/c1-21(14-15-6-3-2-4-7-15)27(25,26)23-12-10-22(11-13-23)18-16(17(19)24)8-5-9-20-18/h2-9H,10-14H2,1H3,(H2,19,24). The van der Waals surface area contributed by atoms with E-state index >= 15 is 0 Å². The molecular formula is C18H23N5O3S. The van der Waals surface area contributed by atoms with Gasteiger partial charge in [0.1, 0.15) is 5.82 Å². The van der Waals surface area contributed by atoms with Gasteiger partial charge in [-0.2, -0.15) is 17.0 Å². The third kappa shape index (κ3) is 4.26. The maximum absolute atomic E-state index is 12.9. The molecule has 1 fully saturated rings. The molecule has 1 saturated heterocycles. The van der Waals surface area contributed by atoms with E-state index in [0.717, 1.165) is 5.56 Å². The SMILES string of the molecule is CN(Cc1ccccc1)S(=O)(=O)N1CCN(c2ncccc2C(N)=O)CC1. The number of carbonyl (C=O) groups is 1. The largest absolute Gasteiger partial charge is 0.365 e. The second-order valence-electron chi connectivity index (χ2n) is 6.37. The van der Waals surface area contributed by atoms with E-state index in [9.17, 15) is 13.2 Å². The zero-order chi connectivity index (χ0) is 19.4. The molecule has 1 aromatic heterocycles. The highest BCUT2D eigenvalue weighted by Gasteiger charge is 2.31. The summed E-state index contributed by atoms with van der Waals surface area (Å²) in [7, 11) is -1.98. The molecule has 0 aliphatic carbocycles. The number of anilines is 1. The van der Waals surface area contributed by atoms with Gasteiger partial charge in [-0.3, -0.25) is 4.79 Å². The van der Waals surface area contributed by atoms with Crippen LogP contribution in [-0.4, -0.2) is 61.1 Å². The van der Waals surface area contributed by atoms with Crippen LogP contribution in [0.15, 0.2) is 48.7 Å². The van der Waals surface area contributed by atoms with E-state index in [2.05, 4.69) is 4.98 Å². The number of aromatic nitrogens is 1. The van der Waals surface area contributed by atoms with Gasteiger partial charge in [0.15, 0.2) is 0 Å². The molecule has 0 saturated carbocycles. The first-order valence-electron chi connectivity index (χ1n) is 8.64. The third-order valence-corrected chi connectivity index (χ3v) is 6.49. The van der Waals surface area contributed by atoms with Crippen molar-refractivity contribution in [3.8, 4) is 0 Å². The summed E-state index contributed by atoms with van der Waals surface area (Å²) in [5.74, 6) is -0.0459. The molecule has 8 nitrogen and oxygen atoms in total. The molecule has 2 aromatic rings. The summed E-state index contributed by atoms with van der Waals surface area (Å²) in [6.45, 7) is 1.83. The van der Waals surface area contributed by atoms with Crippen molar-refractivity contribution < 1.29 is 13.2 Å². The number of nitrogens with two attached hydrogens (primary N) is 1. The van der Waals surface area contributed by atoms with Crippen LogP contribution < -0.4 is 10.6 Å². The minimum atomic E-state index is -3.56. The van der Waals surface area contributed by atoms with Crippen molar-refractivity contribution in [3.05, 3.63) is 59.8 Å². The molecule has 1 aromatic carbocycles. The van der Waals surface area contributed by atoms with E-state index in [1.807, 2.05) is 35.2 Å². The van der Waals surface area contributed by atoms with Gasteiger partial charge >= 0.3 is 0 Å². The summed E-state index contributed by atoms with van der Waals surface area (Å²) in [6.07, 6.45) is 1.60. The van der Waals surface area contributed by atoms with E-state index in [-0.39, 0.29) is 0 Å². The number of hydrogen-bond acceptors (Lipinski definition) is 5. The molecule has 0 bridgehead atoms. The van der Waals surface area contributed by atoms with E-state index in [1.165, 1.54) is 8.61 Å². The summed E-state index contributed by atoms with van der Waals surface area (Å²) in [5, 5.41) is 0. The molecule has 1 amide bonds. The zero-order valence-electron chi connectivity index (χ0n) is 15.2. The fraction of sp³-hybridized carbons (Fsp3) is 0.333. The second-order valence-corrected chi connectivity index (χ2v) is 8.41. The van der Waals surface area contributed by atoms with E-state index in [1.54, 1.807) is 25.4 Å². The average Bonchev–Trinajstić information content (AvgIpc) is 2.68. The van der Waals surface area contributed by atoms with Crippen molar-refractivity contribution >= 4 is 21.9 Å². The Morgan fingerprint density at radius 1 is 1.11 bits per heavy atom. The number of amides is 1. The molecule has 27 heavy (non-hydrogen) atoms. The molecular weight excluding hydrogens is 366 g/mol. The lowest BCUT2D eigenvalue weighted by Gasteiger charge is -2.36. The number of carbonyl (C=O) groups excluding carboxylic acids is 1. The lowest BCUT2D eigenvalue weighted by atomic mass is 10.2. The van der Waals surface area contributed by atoms with Crippen LogP contribution in [0.5, 0.6) is 0 Å². The lowest BCUT2D eigenvalue weighted by Crippen LogP contribution is -2.52. The van der Waals surface area contributed by atoms with Gasteiger partial charge in [0.25, 0.3) is 16.1 Å². The smallest absolute Gasteiger partial charge is 0.282 e. The number of nitrogens with zero attached hydrogens (tertiary/aromatic N) is 4. The van der Waals surface area contributed by atoms with Crippen molar-refractivity contribution in [2.75, 3.05) is 38.1 Å². The molecule has 9 heteroatoms. The predicted molar refractivity (Wildman–Crippen MR) is 103 cm³/mol. The van der Waals surface area contributed by atoms with Crippen LogP contribution in [0.3, 0.4) is 0 Å². The number of hydrogen-bond donors (Lipinski definition) is 1. The van der Waals surface area contributed by atoms with Gasteiger partial charge in [0, 0.05) is 46.0 Å². The fourth-order valence-electron chi connectivity index (χ4n) is 3.09. The first-order valence-corrected chi connectivity index (χ1v) is 10.0. The summed E-state index contributed by atoms with van der Waals surface area (Å²) in [4.78, 5) is 17.7. The van der Waals surface area contributed by atoms with E-state index < -0.39 is 16.1 Å². The van der Waals surface area contributed by atoms with E-state index in [0.29, 0.717) is 44.1 Å². The highest BCUT2D eigenvalue weighted by Crippen LogP contribution is 2.20. The maximum Gasteiger partial charge on any atom is 0.282 e. The van der Waals surface area contributed by atoms with Crippen molar-refractivity contribution in [3.63, 3.8) is 0 Å². The molecule has 0 unspecified atom stereocenters. The number of primary amides is 1. The van der Waals surface area contributed by atoms with Crippen molar-refractivity contribution in [1.82, 2.24) is 13.6 Å². The van der Waals surface area contributed by atoms with Crippen LogP contribution in [0.2, 0.25) is 0 Å². The Morgan fingerprint density at radius 3 is 2.41 bits per heavy atom. The normalized spacial score (nSPS) is 15.9. The van der Waals surface area contributed by atoms with Gasteiger partial charge in [-0.1, -0.05) is 30.3 Å². The third-order valence-electron chi connectivity index (χ3n) is 4.56. The monoisotopic (exact) mass is 389 g/mol. The number of benzene rings is 1. The van der Waals surface area contributed by atoms with Crippen LogP contribution in [0.25, 0.3) is 0 Å². The number of piperazine rings is 1. The van der Waals surface area contributed by atoms with Gasteiger partial charge in [-0.05, 0) is 17.7 Å². The Kier molecular flexibility index (Phi) is 5.73. The zero-order valence-corrected chi connectivity index (χ0v) is 16.0. The quantitative estimate of drug-likeness (QED) is 0.783. The van der Waals surface area contributed by atoms with Gasteiger partial charge in [-0.15, -0.1) is 0 Å². The van der Waals surface area contributed by atoms with Gasteiger partial charge in [0.2, 0.25) is 0 Å². The average molecular weight is 389 g/mol. The van der Waals surface area contributed by atoms with Crippen molar-refractivity contribution in [2.24, 2.45) is 5.73 Å². The van der Waals surface area contributed by atoms with Gasteiger partial charge in [-0.25, -0.2) is 4.98 Å². The highest BCUT2D eigenvalue weighted by molar-refractivity contribution is 7.86. The number of rotatable bonds is 6. The first kappa shape index (κ1) is 19.3. The minimum absolute atomic E-state index is 0.315. The summed E-state index contributed by atoms with van der Waals surface area (Å²) < 4.78 is 28.5. The Hall–Kier alpha value is -2.49. The summed E-state index contributed by atoms with van der Waals surface area (Å²) >= 11 is 0. The van der Waals surface area contributed by atoms with Crippen LogP contribution in [-0.2, 0) is 16.8 Å². The topological polar surface area (TPSA) is 99.8 Å². The molecule has 144 valence electrons. The molecule has 1 aliphatic rings. The van der Waals surface area contributed by atoms with E-state index in [4.69, 9.17) is 5.73 Å². The summed E-state index contributed by atoms with van der Waals surface area (Å²) in [6, 6.07) is 12.8. The summed E-state index contributed by atoms with van der Waals surface area (Å²) in [5.41, 5.74) is 6.69. The Morgan fingerprint density at radius 2 is 1.78 bits per heavy atom. The van der Waals surface area contributed by atoms with Crippen LogP contribution in [0.4, 0.5) is 5.82 Å². The number of pyridine rings is 1. The highest BCUT2D eigenvalue weighted by atomic mass is 32.2. The Labute approximate surface area is 159 Å². The second kappa shape index (κ2) is 8.03. The molecule has 0 spiro atoms. The maximum atomic E-state index is 12.9. The molecule has 3 rings (SSSR count). The molecule has 0 atom stereocenters. The predicted octanol–water partition coefficient (Wildman–Crippen LogP) is 0.679.